The Balaban J connectivity index is 1.59. The highest BCUT2D eigenvalue weighted by atomic mass is 16.6. The van der Waals surface area contributed by atoms with E-state index in [1.54, 1.807) is 34.1 Å². The van der Waals surface area contributed by atoms with Gasteiger partial charge in [0.1, 0.15) is 5.84 Å². The van der Waals surface area contributed by atoms with Crippen molar-refractivity contribution in [3.8, 4) is 0 Å². The molecule has 0 saturated carbocycles. The van der Waals surface area contributed by atoms with Crippen LogP contribution in [0.25, 0.3) is 0 Å². The second-order valence-electron chi connectivity index (χ2n) is 6.44. The highest BCUT2D eigenvalue weighted by molar-refractivity contribution is 5.97. The summed E-state index contributed by atoms with van der Waals surface area (Å²) >= 11 is 0. The molecule has 1 atom stereocenters. The Labute approximate surface area is 155 Å². The van der Waals surface area contributed by atoms with Crippen LogP contribution in [-0.4, -0.2) is 84.1 Å². The van der Waals surface area contributed by atoms with Crippen molar-refractivity contribution in [2.45, 2.75) is 6.10 Å². The lowest BCUT2D eigenvalue weighted by Gasteiger charge is -2.34. The number of aliphatic carboxylic acids is 1. The van der Waals surface area contributed by atoms with Gasteiger partial charge in [0.15, 0.2) is 6.10 Å². The summed E-state index contributed by atoms with van der Waals surface area (Å²) in [6.45, 7) is 1.78. The van der Waals surface area contributed by atoms with Crippen LogP contribution in [0.15, 0.2) is 24.3 Å². The maximum atomic E-state index is 12.6. The number of carboxylic acid groups (broad SMARTS) is 1. The van der Waals surface area contributed by atoms with Gasteiger partial charge in [-0.05, 0) is 24.3 Å². The predicted octanol–water partition coefficient (Wildman–Crippen LogP) is -0.475. The highest BCUT2D eigenvalue weighted by Crippen LogP contribution is 2.23. The Bertz CT molecular complexity index is 757. The number of hydrogen-bond acceptors (Lipinski definition) is 6. The van der Waals surface area contributed by atoms with Crippen LogP contribution in [0.4, 0.5) is 10.5 Å². The average Bonchev–Trinajstić information content (AvgIpc) is 3.03. The number of nitrogen functional groups attached to an aromatic ring is 1. The number of rotatable bonds is 5. The summed E-state index contributed by atoms with van der Waals surface area (Å²) in [6.07, 6.45) is -1.50. The normalized spacial score (nSPS) is 20.4. The van der Waals surface area contributed by atoms with Gasteiger partial charge in [-0.15, -0.1) is 0 Å². The van der Waals surface area contributed by atoms with E-state index in [2.05, 4.69) is 0 Å². The maximum Gasteiger partial charge on any atom is 0.415 e. The number of carbonyl (C=O) groups is 3. The maximum absolute atomic E-state index is 12.6. The predicted molar refractivity (Wildman–Crippen MR) is 95.7 cm³/mol. The lowest BCUT2D eigenvalue weighted by molar-refractivity contribution is -0.142. The van der Waals surface area contributed by atoms with Crippen LogP contribution in [0.5, 0.6) is 0 Å². The molecule has 2 fully saturated rings. The number of carbonyl (C=O) groups excluding carboxylic acids is 2. The van der Waals surface area contributed by atoms with Crippen LogP contribution in [-0.2, 0) is 14.3 Å². The first-order chi connectivity index (χ1) is 12.8. The van der Waals surface area contributed by atoms with Gasteiger partial charge in [0.25, 0.3) is 5.91 Å². The lowest BCUT2D eigenvalue weighted by Crippen LogP contribution is -2.52. The third kappa shape index (κ3) is 4.17. The van der Waals surface area contributed by atoms with E-state index in [4.69, 9.17) is 21.0 Å². The van der Waals surface area contributed by atoms with Gasteiger partial charge in [0, 0.05) is 37.4 Å². The quantitative estimate of drug-likeness (QED) is 0.466. The number of amides is 2. The number of ether oxygens (including phenoxy) is 1. The topological polar surface area (TPSA) is 140 Å². The number of nitrogens with zero attached hydrogens (tertiary/aromatic N) is 3. The molecule has 4 N–H and O–H groups in total. The van der Waals surface area contributed by atoms with E-state index in [-0.39, 0.29) is 24.8 Å². The van der Waals surface area contributed by atoms with Crippen LogP contribution >= 0.6 is 0 Å². The molecule has 2 aliphatic heterocycles. The fraction of sp³-hybridized carbons (Fsp3) is 0.412. The summed E-state index contributed by atoms with van der Waals surface area (Å²) < 4.78 is 5.23. The van der Waals surface area contributed by atoms with Crippen LogP contribution in [0, 0.1) is 5.41 Å². The van der Waals surface area contributed by atoms with Crippen LogP contribution in [0.3, 0.4) is 0 Å². The Hall–Kier alpha value is -3.14. The lowest BCUT2D eigenvalue weighted by atomic mass is 10.2. The van der Waals surface area contributed by atoms with Crippen molar-refractivity contribution in [2.24, 2.45) is 5.73 Å². The summed E-state index contributed by atoms with van der Waals surface area (Å²) in [4.78, 5) is 40.3. The zero-order chi connectivity index (χ0) is 19.6. The van der Waals surface area contributed by atoms with Crippen molar-refractivity contribution in [1.82, 2.24) is 9.80 Å². The fourth-order valence-corrected chi connectivity index (χ4v) is 3.14. The molecule has 2 saturated heterocycles. The van der Waals surface area contributed by atoms with E-state index in [0.29, 0.717) is 37.4 Å². The average molecular weight is 375 g/mol. The van der Waals surface area contributed by atoms with Crippen LogP contribution in [0.2, 0.25) is 0 Å². The zero-order valence-corrected chi connectivity index (χ0v) is 14.6. The molecule has 144 valence electrons. The molecule has 2 aliphatic rings. The number of nitrogens with one attached hydrogen (secondary N) is 1. The smallest absolute Gasteiger partial charge is 0.415 e. The number of benzene rings is 1. The number of anilines is 1. The summed E-state index contributed by atoms with van der Waals surface area (Å²) in [7, 11) is 0. The summed E-state index contributed by atoms with van der Waals surface area (Å²) in [5.41, 5.74) is 6.52. The molecule has 1 aromatic carbocycles. The molecule has 0 aliphatic carbocycles. The first-order valence-electron chi connectivity index (χ1n) is 8.50. The molecule has 0 aromatic heterocycles. The highest BCUT2D eigenvalue weighted by Gasteiger charge is 2.39. The molecule has 27 heavy (non-hydrogen) atoms. The minimum atomic E-state index is -0.897. The monoisotopic (exact) mass is 375 g/mol. The van der Waals surface area contributed by atoms with Crippen molar-refractivity contribution in [3.05, 3.63) is 29.8 Å². The Morgan fingerprint density at radius 3 is 2.37 bits per heavy atom. The van der Waals surface area contributed by atoms with Crippen molar-refractivity contribution >= 4 is 29.5 Å². The largest absolute Gasteiger partial charge is 0.480 e. The van der Waals surface area contributed by atoms with Crippen molar-refractivity contribution < 1.29 is 24.2 Å². The van der Waals surface area contributed by atoms with Gasteiger partial charge in [-0.3, -0.25) is 24.8 Å². The number of hydrogen-bond donors (Lipinski definition) is 3. The molecule has 1 aromatic rings. The van der Waals surface area contributed by atoms with Gasteiger partial charge in [-0.1, -0.05) is 0 Å². The molecule has 10 heteroatoms. The summed E-state index contributed by atoms with van der Waals surface area (Å²) in [6, 6.07) is 6.55. The molecule has 0 radical (unpaired) electrons. The molecule has 2 amide bonds. The standard InChI is InChI=1S/C17H21N5O5/c18-15(19)11-1-3-12(4-2-11)22-9-13(27-17(22)26)16(25)21-7-5-20(6-8-21)10-14(23)24/h1-4,13H,5-10H2,(H3,18,19)(H,23,24). The molecule has 1 unspecified atom stereocenters. The van der Waals surface area contributed by atoms with Gasteiger partial charge in [0.05, 0.1) is 13.1 Å². The SMILES string of the molecule is N=C(N)c1ccc(N2CC(C(=O)N3CCN(CC(=O)O)CC3)OC2=O)cc1. The number of cyclic esters (lactones) is 1. The third-order valence-electron chi connectivity index (χ3n) is 4.62. The van der Waals surface area contributed by atoms with Gasteiger partial charge in [-0.25, -0.2) is 4.79 Å². The Morgan fingerprint density at radius 1 is 1.19 bits per heavy atom. The molecular formula is C17H21N5O5. The van der Waals surface area contributed by atoms with E-state index < -0.39 is 18.2 Å². The van der Waals surface area contributed by atoms with E-state index in [1.165, 1.54) is 4.90 Å². The zero-order valence-electron chi connectivity index (χ0n) is 14.6. The molecule has 0 spiro atoms. The first kappa shape index (κ1) is 18.6. The first-order valence-corrected chi connectivity index (χ1v) is 8.50. The van der Waals surface area contributed by atoms with E-state index in [9.17, 15) is 14.4 Å². The Kier molecular flexibility index (Phi) is 5.26. The molecular weight excluding hydrogens is 354 g/mol. The Morgan fingerprint density at radius 2 is 1.81 bits per heavy atom. The minimum absolute atomic E-state index is 0.0511. The summed E-state index contributed by atoms with van der Waals surface area (Å²) in [5, 5.41) is 16.2. The van der Waals surface area contributed by atoms with Crippen molar-refractivity contribution in [1.29, 1.82) is 5.41 Å². The van der Waals surface area contributed by atoms with E-state index in [0.717, 1.165) is 0 Å². The number of amidine groups is 1. The molecule has 10 nitrogen and oxygen atoms in total. The number of carboxylic acids is 1. The van der Waals surface area contributed by atoms with E-state index >= 15 is 0 Å². The van der Waals surface area contributed by atoms with Crippen LogP contribution in [0.1, 0.15) is 5.56 Å². The van der Waals surface area contributed by atoms with Crippen molar-refractivity contribution in [3.63, 3.8) is 0 Å². The van der Waals surface area contributed by atoms with Crippen molar-refractivity contribution in [2.75, 3.05) is 44.2 Å². The summed E-state index contributed by atoms with van der Waals surface area (Å²) in [5.74, 6) is -1.24. The van der Waals surface area contributed by atoms with Gasteiger partial charge in [0.2, 0.25) is 0 Å². The van der Waals surface area contributed by atoms with Gasteiger partial charge in [-0.2, -0.15) is 0 Å². The van der Waals surface area contributed by atoms with Gasteiger partial charge >= 0.3 is 12.1 Å². The van der Waals surface area contributed by atoms with Gasteiger partial charge < -0.3 is 20.5 Å². The second kappa shape index (κ2) is 7.62. The van der Waals surface area contributed by atoms with E-state index in [1.807, 2.05) is 0 Å². The second-order valence-corrected chi connectivity index (χ2v) is 6.44. The fourth-order valence-electron chi connectivity index (χ4n) is 3.14. The van der Waals surface area contributed by atoms with Crippen LogP contribution < -0.4 is 10.6 Å². The minimum Gasteiger partial charge on any atom is -0.480 e. The third-order valence-corrected chi connectivity index (χ3v) is 4.62. The number of nitrogens with two attached hydrogens (primary N) is 1. The number of piperazine rings is 1. The molecule has 0 bridgehead atoms. The molecule has 2 heterocycles. The molecule has 3 rings (SSSR count).